The maximum absolute atomic E-state index is 12.7. The number of sulfonamides is 1. The van der Waals surface area contributed by atoms with Crippen molar-refractivity contribution in [3.63, 3.8) is 0 Å². The number of nitrogens with zero attached hydrogens (tertiary/aromatic N) is 3. The Bertz CT molecular complexity index is 1110. The summed E-state index contributed by atoms with van der Waals surface area (Å²) in [6, 6.07) is 18.8. The fourth-order valence-electron chi connectivity index (χ4n) is 3.85. The minimum Gasteiger partial charge on any atom is -0.326 e. The lowest BCUT2D eigenvalue weighted by Crippen LogP contribution is -2.41. The van der Waals surface area contributed by atoms with Crippen LogP contribution in [-0.4, -0.2) is 41.5 Å². The Labute approximate surface area is 182 Å². The standard InChI is InChI=1S/C23H26N4O3S/c28-23(25-22-9-4-8-20(16-22)17-26-13-5-12-24-26)21-10-14-27(15-11-21)31(29,30)18-19-6-2-1-3-7-19/h1-9,12-13,16,21H,10-11,14-15,17-18H2,(H,25,28). The first-order valence-electron chi connectivity index (χ1n) is 10.4. The van der Waals surface area contributed by atoms with E-state index in [0.717, 1.165) is 16.8 Å². The maximum atomic E-state index is 12.7. The van der Waals surface area contributed by atoms with Crippen molar-refractivity contribution in [1.82, 2.24) is 14.1 Å². The second-order valence-electron chi connectivity index (χ2n) is 7.81. The van der Waals surface area contributed by atoms with E-state index in [1.54, 1.807) is 6.20 Å². The van der Waals surface area contributed by atoms with Gasteiger partial charge in [0.2, 0.25) is 15.9 Å². The molecule has 1 amide bonds. The normalized spacial score (nSPS) is 15.6. The Hall–Kier alpha value is -2.97. The quantitative estimate of drug-likeness (QED) is 0.614. The van der Waals surface area contributed by atoms with Crippen molar-refractivity contribution >= 4 is 21.6 Å². The average Bonchev–Trinajstić information content (AvgIpc) is 3.27. The number of nitrogens with one attached hydrogen (secondary N) is 1. The summed E-state index contributed by atoms with van der Waals surface area (Å²) in [6.45, 7) is 1.37. The third kappa shape index (κ3) is 5.59. The molecule has 162 valence electrons. The number of aromatic nitrogens is 2. The Balaban J connectivity index is 1.31. The van der Waals surface area contributed by atoms with Crippen molar-refractivity contribution in [2.75, 3.05) is 18.4 Å². The highest BCUT2D eigenvalue weighted by molar-refractivity contribution is 7.88. The Kier molecular flexibility index (Phi) is 6.48. The zero-order chi connectivity index (χ0) is 21.7. The van der Waals surface area contributed by atoms with Gasteiger partial charge in [-0.05, 0) is 42.2 Å². The van der Waals surface area contributed by atoms with Crippen LogP contribution in [0.15, 0.2) is 73.1 Å². The number of hydrogen-bond donors (Lipinski definition) is 1. The summed E-state index contributed by atoms with van der Waals surface area (Å²) < 4.78 is 28.8. The van der Waals surface area contributed by atoms with Gasteiger partial charge in [0.1, 0.15) is 0 Å². The molecule has 2 aromatic carbocycles. The summed E-state index contributed by atoms with van der Waals surface area (Å²) in [5.41, 5.74) is 2.56. The Morgan fingerprint density at radius 1 is 1.00 bits per heavy atom. The number of carbonyl (C=O) groups excluding carboxylic acids is 1. The van der Waals surface area contributed by atoms with Gasteiger partial charge in [-0.3, -0.25) is 9.48 Å². The molecule has 3 aromatic rings. The highest BCUT2D eigenvalue weighted by atomic mass is 32.2. The van der Waals surface area contributed by atoms with Crippen LogP contribution in [0.3, 0.4) is 0 Å². The van der Waals surface area contributed by atoms with E-state index in [1.807, 2.05) is 71.5 Å². The van der Waals surface area contributed by atoms with Crippen molar-refractivity contribution in [3.05, 3.63) is 84.2 Å². The molecule has 0 saturated carbocycles. The van der Waals surface area contributed by atoms with Crippen LogP contribution in [0.4, 0.5) is 5.69 Å². The smallest absolute Gasteiger partial charge is 0.227 e. The zero-order valence-electron chi connectivity index (χ0n) is 17.2. The Morgan fingerprint density at radius 2 is 1.74 bits per heavy atom. The first-order chi connectivity index (χ1) is 15.0. The molecule has 0 bridgehead atoms. The molecule has 0 spiro atoms. The molecule has 2 heterocycles. The van der Waals surface area contributed by atoms with E-state index in [9.17, 15) is 13.2 Å². The van der Waals surface area contributed by atoms with Gasteiger partial charge in [-0.1, -0.05) is 42.5 Å². The van der Waals surface area contributed by atoms with Gasteiger partial charge in [0, 0.05) is 37.1 Å². The molecule has 1 N–H and O–H groups in total. The molecule has 1 fully saturated rings. The molecule has 1 saturated heterocycles. The maximum Gasteiger partial charge on any atom is 0.227 e. The van der Waals surface area contributed by atoms with Crippen molar-refractivity contribution in [2.24, 2.45) is 5.92 Å². The van der Waals surface area contributed by atoms with Crippen molar-refractivity contribution in [1.29, 1.82) is 0 Å². The van der Waals surface area contributed by atoms with Crippen molar-refractivity contribution < 1.29 is 13.2 Å². The number of piperidine rings is 1. The fraction of sp³-hybridized carbons (Fsp3) is 0.304. The van der Waals surface area contributed by atoms with E-state index in [1.165, 1.54) is 4.31 Å². The molecule has 0 aliphatic carbocycles. The molecule has 4 rings (SSSR count). The third-order valence-corrected chi connectivity index (χ3v) is 7.36. The third-order valence-electron chi connectivity index (χ3n) is 5.51. The van der Waals surface area contributed by atoms with Gasteiger partial charge in [0.05, 0.1) is 12.3 Å². The van der Waals surface area contributed by atoms with Crippen LogP contribution in [-0.2, 0) is 27.1 Å². The van der Waals surface area contributed by atoms with Gasteiger partial charge < -0.3 is 5.32 Å². The van der Waals surface area contributed by atoms with Crippen LogP contribution < -0.4 is 5.32 Å². The van der Waals surface area contributed by atoms with Crippen molar-refractivity contribution in [3.8, 4) is 0 Å². The molecule has 1 aromatic heterocycles. The fourth-order valence-corrected chi connectivity index (χ4v) is 5.41. The molecule has 1 aliphatic heterocycles. The molecule has 0 unspecified atom stereocenters. The van der Waals surface area contributed by atoms with Crippen LogP contribution in [0.2, 0.25) is 0 Å². The van der Waals surface area contributed by atoms with E-state index in [0.29, 0.717) is 32.5 Å². The average molecular weight is 439 g/mol. The molecule has 0 atom stereocenters. The number of benzene rings is 2. The predicted molar refractivity (Wildman–Crippen MR) is 120 cm³/mol. The summed E-state index contributed by atoms with van der Waals surface area (Å²) in [6.07, 6.45) is 4.67. The lowest BCUT2D eigenvalue weighted by Gasteiger charge is -2.30. The SMILES string of the molecule is O=C(Nc1cccc(Cn2cccn2)c1)C1CCN(S(=O)(=O)Cc2ccccc2)CC1. The lowest BCUT2D eigenvalue weighted by atomic mass is 9.97. The van der Waals surface area contributed by atoms with Crippen LogP contribution in [0.1, 0.15) is 24.0 Å². The van der Waals surface area contributed by atoms with Crippen molar-refractivity contribution in [2.45, 2.75) is 25.1 Å². The lowest BCUT2D eigenvalue weighted by molar-refractivity contribution is -0.120. The van der Waals surface area contributed by atoms with E-state index < -0.39 is 10.0 Å². The van der Waals surface area contributed by atoms with Crippen LogP contribution >= 0.6 is 0 Å². The van der Waals surface area contributed by atoms with Gasteiger partial charge in [-0.15, -0.1) is 0 Å². The minimum atomic E-state index is -3.38. The van der Waals surface area contributed by atoms with Gasteiger partial charge in [-0.25, -0.2) is 12.7 Å². The molecular weight excluding hydrogens is 412 g/mol. The number of hydrogen-bond acceptors (Lipinski definition) is 4. The van der Waals surface area contributed by atoms with E-state index in [-0.39, 0.29) is 17.6 Å². The molecule has 1 aliphatic rings. The van der Waals surface area contributed by atoms with Crippen LogP contribution in [0, 0.1) is 5.92 Å². The number of anilines is 1. The van der Waals surface area contributed by atoms with Gasteiger partial charge >= 0.3 is 0 Å². The number of carbonyl (C=O) groups is 1. The topological polar surface area (TPSA) is 84.3 Å². The summed E-state index contributed by atoms with van der Waals surface area (Å²) in [4.78, 5) is 12.7. The van der Waals surface area contributed by atoms with Gasteiger partial charge in [-0.2, -0.15) is 5.10 Å². The summed E-state index contributed by atoms with van der Waals surface area (Å²) in [5, 5.41) is 7.19. The second-order valence-corrected chi connectivity index (χ2v) is 9.78. The number of rotatable bonds is 7. The summed E-state index contributed by atoms with van der Waals surface area (Å²) >= 11 is 0. The van der Waals surface area contributed by atoms with E-state index in [4.69, 9.17) is 0 Å². The monoisotopic (exact) mass is 438 g/mol. The summed E-state index contributed by atoms with van der Waals surface area (Å²) in [5.74, 6) is -0.261. The molecule has 31 heavy (non-hydrogen) atoms. The largest absolute Gasteiger partial charge is 0.326 e. The van der Waals surface area contributed by atoms with Crippen LogP contribution in [0.5, 0.6) is 0 Å². The predicted octanol–water partition coefficient (Wildman–Crippen LogP) is 3.11. The van der Waals surface area contributed by atoms with Gasteiger partial charge in [0.25, 0.3) is 0 Å². The second kappa shape index (κ2) is 9.45. The first-order valence-corrected chi connectivity index (χ1v) is 12.0. The Morgan fingerprint density at radius 3 is 2.45 bits per heavy atom. The molecular formula is C23H26N4O3S. The van der Waals surface area contributed by atoms with Crippen LogP contribution in [0.25, 0.3) is 0 Å². The van der Waals surface area contributed by atoms with E-state index in [2.05, 4.69) is 10.4 Å². The minimum absolute atomic E-state index is 0.00620. The molecule has 7 nitrogen and oxygen atoms in total. The first kappa shape index (κ1) is 21.3. The molecule has 8 heteroatoms. The zero-order valence-corrected chi connectivity index (χ0v) is 18.0. The molecule has 0 radical (unpaired) electrons. The van der Waals surface area contributed by atoms with Gasteiger partial charge in [0.15, 0.2) is 0 Å². The highest BCUT2D eigenvalue weighted by Crippen LogP contribution is 2.23. The summed E-state index contributed by atoms with van der Waals surface area (Å²) in [7, 11) is -3.38. The van der Waals surface area contributed by atoms with E-state index >= 15 is 0 Å². The number of amides is 1. The highest BCUT2D eigenvalue weighted by Gasteiger charge is 2.31.